The third-order valence-electron chi connectivity index (χ3n) is 2.24. The SMILES string of the molecule is COCCOCCOOC(=O)c1ccccc1C. The molecule has 0 aliphatic rings. The van der Waals surface area contributed by atoms with Crippen molar-refractivity contribution in [3.8, 4) is 0 Å². The summed E-state index contributed by atoms with van der Waals surface area (Å²) in [6, 6.07) is 7.16. The molecule has 0 heterocycles. The summed E-state index contributed by atoms with van der Waals surface area (Å²) in [5, 5.41) is 0. The Morgan fingerprint density at radius 2 is 1.83 bits per heavy atom. The number of ether oxygens (including phenoxy) is 2. The van der Waals surface area contributed by atoms with Gasteiger partial charge in [-0.15, -0.1) is 0 Å². The van der Waals surface area contributed by atoms with Gasteiger partial charge in [0.2, 0.25) is 0 Å². The second-order valence-corrected chi connectivity index (χ2v) is 3.61. The van der Waals surface area contributed by atoms with E-state index >= 15 is 0 Å². The number of benzene rings is 1. The second kappa shape index (κ2) is 8.63. The van der Waals surface area contributed by atoms with Crippen molar-refractivity contribution in [2.75, 3.05) is 33.5 Å². The Morgan fingerprint density at radius 3 is 2.56 bits per heavy atom. The zero-order valence-electron chi connectivity index (χ0n) is 10.7. The summed E-state index contributed by atoms with van der Waals surface area (Å²) in [6.07, 6.45) is 0. The molecule has 1 rings (SSSR count). The number of carbonyl (C=O) groups excluding carboxylic acids is 1. The van der Waals surface area contributed by atoms with Crippen LogP contribution in [0.4, 0.5) is 0 Å². The first-order valence-corrected chi connectivity index (χ1v) is 5.72. The van der Waals surface area contributed by atoms with E-state index in [1.807, 2.05) is 19.1 Å². The molecule has 1 aromatic rings. The van der Waals surface area contributed by atoms with Crippen molar-refractivity contribution in [2.45, 2.75) is 6.92 Å². The van der Waals surface area contributed by atoms with Gasteiger partial charge in [0.05, 0.1) is 25.4 Å². The molecule has 0 saturated heterocycles. The molecule has 5 nitrogen and oxygen atoms in total. The standard InChI is InChI=1S/C13H18O5/c1-11-5-3-4-6-12(11)13(14)18-17-10-9-16-8-7-15-2/h3-6H,7-10H2,1-2H3. The van der Waals surface area contributed by atoms with E-state index < -0.39 is 5.97 Å². The molecule has 1 aromatic carbocycles. The molecule has 0 atom stereocenters. The molecule has 5 heteroatoms. The Balaban J connectivity index is 2.16. The van der Waals surface area contributed by atoms with Crippen LogP contribution < -0.4 is 0 Å². The maximum atomic E-state index is 11.6. The molecule has 0 radical (unpaired) electrons. The van der Waals surface area contributed by atoms with Gasteiger partial charge in [0.25, 0.3) is 0 Å². The van der Waals surface area contributed by atoms with Crippen molar-refractivity contribution in [1.82, 2.24) is 0 Å². The third kappa shape index (κ3) is 5.27. The average molecular weight is 254 g/mol. The number of hydrogen-bond donors (Lipinski definition) is 0. The lowest BCUT2D eigenvalue weighted by atomic mass is 10.1. The van der Waals surface area contributed by atoms with Crippen LogP contribution in [0.15, 0.2) is 24.3 Å². The summed E-state index contributed by atoms with van der Waals surface area (Å²) in [7, 11) is 1.60. The number of hydrogen-bond acceptors (Lipinski definition) is 5. The van der Waals surface area contributed by atoms with Gasteiger partial charge in [-0.3, -0.25) is 4.89 Å². The summed E-state index contributed by atoms with van der Waals surface area (Å²) in [5.41, 5.74) is 1.35. The van der Waals surface area contributed by atoms with Gasteiger partial charge in [-0.25, -0.2) is 4.79 Å². The van der Waals surface area contributed by atoms with Gasteiger partial charge in [0.15, 0.2) is 0 Å². The fourth-order valence-electron chi connectivity index (χ4n) is 1.28. The Bertz CT molecular complexity index is 364. The topological polar surface area (TPSA) is 54.0 Å². The van der Waals surface area contributed by atoms with Gasteiger partial charge in [0, 0.05) is 7.11 Å². The first-order valence-electron chi connectivity index (χ1n) is 5.72. The predicted molar refractivity (Wildman–Crippen MR) is 65.2 cm³/mol. The van der Waals surface area contributed by atoms with Crippen molar-refractivity contribution >= 4 is 5.97 Å². The van der Waals surface area contributed by atoms with Crippen LogP contribution in [0.1, 0.15) is 15.9 Å². The number of methoxy groups -OCH3 is 1. The highest BCUT2D eigenvalue weighted by Crippen LogP contribution is 2.08. The van der Waals surface area contributed by atoms with E-state index in [0.717, 1.165) is 5.56 Å². The quantitative estimate of drug-likeness (QED) is 0.402. The van der Waals surface area contributed by atoms with Crippen LogP contribution in [0.2, 0.25) is 0 Å². The molecule has 0 spiro atoms. The summed E-state index contributed by atoms with van der Waals surface area (Å²) in [4.78, 5) is 21.0. The number of carbonyl (C=O) groups is 1. The van der Waals surface area contributed by atoms with Crippen LogP contribution in [0, 0.1) is 6.92 Å². The summed E-state index contributed by atoms with van der Waals surface area (Å²) < 4.78 is 9.95. The van der Waals surface area contributed by atoms with Crippen LogP contribution in [-0.2, 0) is 19.2 Å². The molecular formula is C13H18O5. The first-order chi connectivity index (χ1) is 8.75. The van der Waals surface area contributed by atoms with E-state index in [9.17, 15) is 4.79 Å². The minimum Gasteiger partial charge on any atom is -0.382 e. The Labute approximate surface area is 107 Å². The van der Waals surface area contributed by atoms with Crippen molar-refractivity contribution in [1.29, 1.82) is 0 Å². The summed E-state index contributed by atoms with van der Waals surface area (Å²) in [6.45, 7) is 3.41. The van der Waals surface area contributed by atoms with Crippen molar-refractivity contribution in [3.63, 3.8) is 0 Å². The molecule has 0 fully saturated rings. The molecule has 0 aliphatic heterocycles. The lowest BCUT2D eigenvalue weighted by Gasteiger charge is -2.06. The minimum atomic E-state index is -0.495. The molecule has 18 heavy (non-hydrogen) atoms. The van der Waals surface area contributed by atoms with Gasteiger partial charge in [-0.2, -0.15) is 4.89 Å². The van der Waals surface area contributed by atoms with Crippen molar-refractivity contribution in [2.24, 2.45) is 0 Å². The lowest BCUT2D eigenvalue weighted by Crippen LogP contribution is -2.12. The van der Waals surface area contributed by atoms with Crippen LogP contribution >= 0.6 is 0 Å². The Hall–Kier alpha value is -1.43. The molecule has 0 unspecified atom stereocenters. The highest BCUT2D eigenvalue weighted by Gasteiger charge is 2.10. The van der Waals surface area contributed by atoms with Crippen LogP contribution in [0.3, 0.4) is 0 Å². The van der Waals surface area contributed by atoms with Crippen molar-refractivity contribution < 1.29 is 24.0 Å². The monoisotopic (exact) mass is 254 g/mol. The molecule has 0 saturated carbocycles. The van der Waals surface area contributed by atoms with E-state index in [1.54, 1.807) is 19.2 Å². The minimum absolute atomic E-state index is 0.196. The average Bonchev–Trinajstić information content (AvgIpc) is 2.38. The van der Waals surface area contributed by atoms with E-state index in [1.165, 1.54) is 0 Å². The summed E-state index contributed by atoms with van der Waals surface area (Å²) >= 11 is 0. The van der Waals surface area contributed by atoms with E-state index in [4.69, 9.17) is 14.4 Å². The predicted octanol–water partition coefficient (Wildman–Crippen LogP) is 1.75. The fourth-order valence-corrected chi connectivity index (χ4v) is 1.28. The van der Waals surface area contributed by atoms with Gasteiger partial charge >= 0.3 is 5.97 Å². The molecule has 100 valence electrons. The number of aryl methyl sites for hydroxylation is 1. The van der Waals surface area contributed by atoms with E-state index in [-0.39, 0.29) is 6.61 Å². The van der Waals surface area contributed by atoms with Gasteiger partial charge in [0.1, 0.15) is 6.61 Å². The zero-order chi connectivity index (χ0) is 13.2. The van der Waals surface area contributed by atoms with Gasteiger partial charge in [-0.05, 0) is 18.6 Å². The molecule has 0 amide bonds. The number of rotatable bonds is 8. The molecule has 0 bridgehead atoms. The smallest absolute Gasteiger partial charge is 0.373 e. The van der Waals surface area contributed by atoms with E-state index in [0.29, 0.717) is 25.4 Å². The molecular weight excluding hydrogens is 236 g/mol. The summed E-state index contributed by atoms with van der Waals surface area (Å²) in [5.74, 6) is -0.495. The largest absolute Gasteiger partial charge is 0.382 e. The Kier molecular flexibility index (Phi) is 7.01. The van der Waals surface area contributed by atoms with Gasteiger partial charge in [-0.1, -0.05) is 18.2 Å². The van der Waals surface area contributed by atoms with Gasteiger partial charge < -0.3 is 9.47 Å². The maximum Gasteiger partial charge on any atom is 0.373 e. The first kappa shape index (κ1) is 14.6. The van der Waals surface area contributed by atoms with Crippen molar-refractivity contribution in [3.05, 3.63) is 35.4 Å². The fraction of sp³-hybridized carbons (Fsp3) is 0.462. The Morgan fingerprint density at radius 1 is 1.11 bits per heavy atom. The molecule has 0 aromatic heterocycles. The molecule has 0 N–H and O–H groups in total. The van der Waals surface area contributed by atoms with Crippen LogP contribution in [-0.4, -0.2) is 39.5 Å². The highest BCUT2D eigenvalue weighted by atomic mass is 17.2. The lowest BCUT2D eigenvalue weighted by molar-refractivity contribution is -0.247. The zero-order valence-corrected chi connectivity index (χ0v) is 10.7. The normalized spacial score (nSPS) is 10.3. The highest BCUT2D eigenvalue weighted by molar-refractivity contribution is 5.90. The third-order valence-corrected chi connectivity index (χ3v) is 2.24. The second-order valence-electron chi connectivity index (χ2n) is 3.61. The van der Waals surface area contributed by atoms with Crippen LogP contribution in [0.25, 0.3) is 0 Å². The van der Waals surface area contributed by atoms with E-state index in [2.05, 4.69) is 4.89 Å². The van der Waals surface area contributed by atoms with Crippen LogP contribution in [0.5, 0.6) is 0 Å². The molecule has 0 aliphatic carbocycles. The maximum absolute atomic E-state index is 11.6.